The smallest absolute Gasteiger partial charge is 0.189 e. The lowest BCUT2D eigenvalue weighted by molar-refractivity contribution is 0.976. The van der Waals surface area contributed by atoms with E-state index in [0.717, 1.165) is 33.1 Å². The fourth-order valence-corrected chi connectivity index (χ4v) is 4.54. The molecule has 0 saturated carbocycles. The molecule has 2 N–H and O–H groups in total. The van der Waals surface area contributed by atoms with Crippen LogP contribution in [0, 0.1) is 0 Å². The Morgan fingerprint density at radius 3 is 2.89 bits per heavy atom. The molecule has 5 rings (SSSR count). The number of H-pyrrole nitrogens is 1. The van der Waals surface area contributed by atoms with Crippen molar-refractivity contribution in [2.75, 3.05) is 11.6 Å². The van der Waals surface area contributed by atoms with Crippen LogP contribution in [0.15, 0.2) is 66.1 Å². The van der Waals surface area contributed by atoms with E-state index in [0.29, 0.717) is 0 Å². The zero-order chi connectivity index (χ0) is 18.2. The summed E-state index contributed by atoms with van der Waals surface area (Å²) in [5, 5.41) is 13.8. The molecule has 2 aromatic carbocycles. The van der Waals surface area contributed by atoms with E-state index in [1.54, 1.807) is 17.5 Å². The molecule has 0 fully saturated rings. The molecule has 0 aliphatic rings. The molecule has 3 heterocycles. The average molecular weight is 390 g/mol. The highest BCUT2D eigenvalue weighted by atomic mass is 32.2. The molecule has 5 nitrogen and oxygen atoms in total. The normalized spacial score (nSPS) is 11.3. The molecule has 7 heteroatoms. The molecule has 0 unspecified atom stereocenters. The van der Waals surface area contributed by atoms with Gasteiger partial charge in [0.15, 0.2) is 5.16 Å². The SMILES string of the molecule is CSc1nccc(Nc2cc(-c3cc4ccccc4s3)c3[nH]ncc3c2)n1. The molecule has 0 radical (unpaired) electrons. The van der Waals surface area contributed by atoms with Crippen LogP contribution in [0.25, 0.3) is 31.4 Å². The van der Waals surface area contributed by atoms with Gasteiger partial charge in [0.1, 0.15) is 5.82 Å². The Bertz CT molecular complexity index is 1220. The van der Waals surface area contributed by atoms with Gasteiger partial charge in [-0.15, -0.1) is 11.3 Å². The number of thioether (sulfide) groups is 1. The van der Waals surface area contributed by atoms with Crippen LogP contribution in [0.3, 0.4) is 0 Å². The van der Waals surface area contributed by atoms with Crippen LogP contribution < -0.4 is 5.32 Å². The first kappa shape index (κ1) is 16.3. The molecular formula is C20H15N5S2. The molecule has 0 aliphatic heterocycles. The fraction of sp³-hybridized carbons (Fsp3) is 0.0500. The van der Waals surface area contributed by atoms with Gasteiger partial charge in [-0.3, -0.25) is 5.10 Å². The number of fused-ring (bicyclic) bond motifs is 2. The number of benzene rings is 2. The third kappa shape index (κ3) is 3.05. The van der Waals surface area contributed by atoms with Crippen molar-refractivity contribution in [2.24, 2.45) is 0 Å². The zero-order valence-corrected chi connectivity index (χ0v) is 16.1. The van der Waals surface area contributed by atoms with Crippen molar-refractivity contribution in [3.63, 3.8) is 0 Å². The van der Waals surface area contributed by atoms with E-state index >= 15 is 0 Å². The van der Waals surface area contributed by atoms with Crippen LogP contribution in [0.4, 0.5) is 11.5 Å². The van der Waals surface area contributed by atoms with Crippen molar-refractivity contribution in [2.45, 2.75) is 5.16 Å². The third-order valence-corrected chi connectivity index (χ3v) is 6.04. The van der Waals surface area contributed by atoms with Gasteiger partial charge < -0.3 is 5.32 Å². The van der Waals surface area contributed by atoms with Crippen LogP contribution in [0.5, 0.6) is 0 Å². The van der Waals surface area contributed by atoms with Crippen molar-refractivity contribution in [1.82, 2.24) is 20.2 Å². The van der Waals surface area contributed by atoms with Crippen LogP contribution in [-0.2, 0) is 0 Å². The summed E-state index contributed by atoms with van der Waals surface area (Å²) in [5.41, 5.74) is 3.15. The van der Waals surface area contributed by atoms with Gasteiger partial charge in [-0.2, -0.15) is 5.10 Å². The van der Waals surface area contributed by atoms with Crippen molar-refractivity contribution < 1.29 is 0 Å². The summed E-state index contributed by atoms with van der Waals surface area (Å²) < 4.78 is 1.28. The predicted octanol–water partition coefficient (Wildman–Crippen LogP) is 5.70. The van der Waals surface area contributed by atoms with E-state index in [1.807, 2.05) is 18.5 Å². The van der Waals surface area contributed by atoms with Gasteiger partial charge in [-0.1, -0.05) is 30.0 Å². The average Bonchev–Trinajstić information content (AvgIpc) is 3.34. The van der Waals surface area contributed by atoms with E-state index in [4.69, 9.17) is 0 Å². The van der Waals surface area contributed by atoms with Gasteiger partial charge in [0.2, 0.25) is 0 Å². The molecule has 0 bridgehead atoms. The van der Waals surface area contributed by atoms with Crippen LogP contribution in [0.2, 0.25) is 0 Å². The van der Waals surface area contributed by atoms with E-state index in [2.05, 4.69) is 67.9 Å². The fourth-order valence-electron chi connectivity index (χ4n) is 3.10. The van der Waals surface area contributed by atoms with Gasteiger partial charge in [0, 0.05) is 32.4 Å². The molecular weight excluding hydrogens is 374 g/mol. The van der Waals surface area contributed by atoms with Crippen LogP contribution >= 0.6 is 23.1 Å². The second-order valence-corrected chi connectivity index (χ2v) is 7.92. The van der Waals surface area contributed by atoms with Crippen molar-refractivity contribution >= 4 is 55.6 Å². The van der Waals surface area contributed by atoms with Crippen LogP contribution in [-0.4, -0.2) is 26.4 Å². The predicted molar refractivity (Wildman–Crippen MR) is 114 cm³/mol. The van der Waals surface area contributed by atoms with Crippen molar-refractivity contribution in [3.8, 4) is 10.4 Å². The Morgan fingerprint density at radius 2 is 2.00 bits per heavy atom. The number of hydrogen-bond donors (Lipinski definition) is 2. The Balaban J connectivity index is 1.62. The minimum atomic E-state index is 0.745. The Morgan fingerprint density at radius 1 is 1.07 bits per heavy atom. The molecule has 0 atom stereocenters. The first-order valence-electron chi connectivity index (χ1n) is 8.40. The molecule has 3 aromatic heterocycles. The van der Waals surface area contributed by atoms with E-state index in [-0.39, 0.29) is 0 Å². The van der Waals surface area contributed by atoms with Gasteiger partial charge in [-0.05, 0) is 42.0 Å². The molecule has 0 aliphatic carbocycles. The van der Waals surface area contributed by atoms with Crippen molar-refractivity contribution in [3.05, 3.63) is 60.9 Å². The lowest BCUT2D eigenvalue weighted by atomic mass is 10.1. The van der Waals surface area contributed by atoms with Crippen LogP contribution in [0.1, 0.15) is 0 Å². The highest BCUT2D eigenvalue weighted by Gasteiger charge is 2.12. The Hall–Kier alpha value is -2.90. The minimum Gasteiger partial charge on any atom is -0.340 e. The lowest BCUT2D eigenvalue weighted by Crippen LogP contribution is -1.96. The maximum Gasteiger partial charge on any atom is 0.189 e. The maximum atomic E-state index is 4.51. The van der Waals surface area contributed by atoms with E-state index in [9.17, 15) is 0 Å². The number of nitrogens with one attached hydrogen (secondary N) is 2. The Labute approximate surface area is 163 Å². The van der Waals surface area contributed by atoms with E-state index < -0.39 is 0 Å². The van der Waals surface area contributed by atoms with Crippen molar-refractivity contribution in [1.29, 1.82) is 0 Å². The number of thiophene rings is 1. The summed E-state index contributed by atoms with van der Waals surface area (Å²) in [6.07, 6.45) is 5.59. The Kier molecular flexibility index (Phi) is 4.03. The first-order valence-corrected chi connectivity index (χ1v) is 10.4. The highest BCUT2D eigenvalue weighted by molar-refractivity contribution is 7.98. The number of hydrogen-bond acceptors (Lipinski definition) is 6. The maximum absolute atomic E-state index is 4.51. The molecule has 0 saturated heterocycles. The van der Waals surface area contributed by atoms with Gasteiger partial charge in [0.05, 0.1) is 11.7 Å². The third-order valence-electron chi connectivity index (χ3n) is 4.33. The van der Waals surface area contributed by atoms with Gasteiger partial charge in [-0.25, -0.2) is 9.97 Å². The summed E-state index contributed by atoms with van der Waals surface area (Å²) in [7, 11) is 0. The summed E-state index contributed by atoms with van der Waals surface area (Å²) in [4.78, 5) is 9.95. The van der Waals surface area contributed by atoms with Gasteiger partial charge in [0.25, 0.3) is 0 Å². The summed E-state index contributed by atoms with van der Waals surface area (Å²) in [6, 6.07) is 16.8. The summed E-state index contributed by atoms with van der Waals surface area (Å²) in [5.74, 6) is 0.777. The molecule has 0 spiro atoms. The molecule has 132 valence electrons. The zero-order valence-electron chi connectivity index (χ0n) is 14.4. The molecule has 0 amide bonds. The number of nitrogens with zero attached hydrogens (tertiary/aromatic N) is 3. The standard InChI is InChI=1S/C20H15N5S2/c1-26-20-21-7-6-18(24-20)23-14-8-13-11-22-25-19(13)15(10-14)17-9-12-4-2-3-5-16(12)27-17/h2-11H,1H3,(H,22,25)(H,21,23,24). The second kappa shape index (κ2) is 6.68. The minimum absolute atomic E-state index is 0.745. The number of aromatic nitrogens is 4. The van der Waals surface area contributed by atoms with Gasteiger partial charge >= 0.3 is 0 Å². The first-order chi connectivity index (χ1) is 13.3. The molecule has 5 aromatic rings. The summed E-state index contributed by atoms with van der Waals surface area (Å²) >= 11 is 3.31. The number of anilines is 2. The lowest BCUT2D eigenvalue weighted by Gasteiger charge is -2.09. The summed E-state index contributed by atoms with van der Waals surface area (Å²) in [6.45, 7) is 0. The monoisotopic (exact) mass is 389 g/mol. The second-order valence-electron chi connectivity index (χ2n) is 6.06. The quantitative estimate of drug-likeness (QED) is 0.305. The highest BCUT2D eigenvalue weighted by Crippen LogP contribution is 2.38. The number of rotatable bonds is 4. The largest absolute Gasteiger partial charge is 0.340 e. The molecule has 27 heavy (non-hydrogen) atoms. The van der Waals surface area contributed by atoms with E-state index in [1.165, 1.54) is 26.7 Å². The topological polar surface area (TPSA) is 66.5 Å². The number of aromatic amines is 1.